The summed E-state index contributed by atoms with van der Waals surface area (Å²) >= 11 is 0. The first-order chi connectivity index (χ1) is 21.3. The van der Waals surface area contributed by atoms with Crippen LogP contribution in [0.4, 0.5) is 4.79 Å². The minimum atomic E-state index is -1.21. The maximum absolute atomic E-state index is 13.3. The maximum Gasteiger partial charge on any atom is 0.408 e. The number of aliphatic hydroxyl groups excluding tert-OH is 2. The molecule has 47 heavy (non-hydrogen) atoms. The Balaban J connectivity index is 1.52. The highest BCUT2D eigenvalue weighted by Crippen LogP contribution is 2.76. The molecule has 0 heterocycles. The largest absolute Gasteiger partial charge is 0.460 e. The number of aliphatic hydroxyl groups is 4. The number of ether oxygens (including phenoxy) is 2. The van der Waals surface area contributed by atoms with E-state index in [0.29, 0.717) is 25.7 Å². The van der Waals surface area contributed by atoms with Gasteiger partial charge in [-0.3, -0.25) is 0 Å². The van der Waals surface area contributed by atoms with E-state index in [2.05, 4.69) is 39.9 Å². The summed E-state index contributed by atoms with van der Waals surface area (Å²) in [7, 11) is 0. The van der Waals surface area contributed by atoms with Gasteiger partial charge in [0.15, 0.2) is 6.04 Å². The van der Waals surface area contributed by atoms with Gasteiger partial charge in [-0.15, -0.1) is 0 Å². The SMILES string of the molecule is CC(C)(O)CCC[C@@](C)(O)[C@H]1CC[C@]2(C)[C@@H]1[C@H](O)C[C@@H]1[C@@]3(C)CC[C@H](OC(=O)[C@H](CO)NC(=O)OC(C)(C)C)C(C)(C)[C@@H]3CC[C@]12C. The van der Waals surface area contributed by atoms with Crippen LogP contribution in [0.5, 0.6) is 0 Å². The number of nitrogens with one attached hydrogen (secondary N) is 1. The summed E-state index contributed by atoms with van der Waals surface area (Å²) in [6, 6.07) is -1.21. The Bertz CT molecular complexity index is 1160. The summed E-state index contributed by atoms with van der Waals surface area (Å²) in [4.78, 5) is 25.6. The van der Waals surface area contributed by atoms with E-state index in [1.54, 1.807) is 20.8 Å². The average molecular weight is 666 g/mol. The van der Waals surface area contributed by atoms with Crippen molar-refractivity contribution in [2.45, 2.75) is 175 Å². The molecule has 4 aliphatic carbocycles. The lowest BCUT2D eigenvalue weighted by Gasteiger charge is -2.70. The molecule has 1 amide bonds. The summed E-state index contributed by atoms with van der Waals surface area (Å²) in [5, 5.41) is 46.5. The fraction of sp³-hybridized carbons (Fsp3) is 0.947. The standard InChI is InChI=1S/C38H67NO8/c1-32(2,3)47-31(43)39-24(22-40)30(42)46-28-15-18-35(8)26(34(28,6)7)14-20-36(9)27(35)21-25(41)29-23(13-19-37(29,36)10)38(11,45)17-12-16-33(4,5)44/h23-29,40-41,44-45H,12-22H2,1-11H3,(H,39,43)/t23-,24-,25+,26-,27+,28-,29-,35-,36+,37+,38+/m0/s1. The molecule has 4 aliphatic rings. The predicted molar refractivity (Wildman–Crippen MR) is 181 cm³/mol. The van der Waals surface area contributed by atoms with Crippen LogP contribution >= 0.6 is 0 Å². The fourth-order valence-electron chi connectivity index (χ4n) is 11.6. The van der Waals surface area contributed by atoms with E-state index < -0.39 is 47.6 Å². The molecule has 0 radical (unpaired) electrons. The van der Waals surface area contributed by atoms with Crippen molar-refractivity contribution in [1.82, 2.24) is 5.32 Å². The number of hydrogen-bond acceptors (Lipinski definition) is 8. The van der Waals surface area contributed by atoms with Gasteiger partial charge in [0.1, 0.15) is 11.7 Å². The third-order valence-corrected chi connectivity index (χ3v) is 14.0. The minimum absolute atomic E-state index is 0.00737. The second-order valence-corrected chi connectivity index (χ2v) is 19.1. The van der Waals surface area contributed by atoms with Crippen LogP contribution in [0, 0.1) is 45.3 Å². The molecule has 0 saturated heterocycles. The van der Waals surface area contributed by atoms with E-state index in [9.17, 15) is 30.0 Å². The number of fused-ring (bicyclic) bond motifs is 5. The lowest BCUT2D eigenvalue weighted by molar-refractivity contribution is -0.249. The quantitative estimate of drug-likeness (QED) is 0.185. The molecule has 4 rings (SSSR count). The van der Waals surface area contributed by atoms with Gasteiger partial charge in [0.05, 0.1) is 23.9 Å². The van der Waals surface area contributed by atoms with Gasteiger partial charge in [-0.05, 0) is 146 Å². The Labute approximate surface area is 283 Å². The van der Waals surface area contributed by atoms with Crippen molar-refractivity contribution in [2.75, 3.05) is 6.61 Å². The third-order valence-electron chi connectivity index (χ3n) is 14.0. The molecule has 11 atom stereocenters. The molecule has 4 fully saturated rings. The van der Waals surface area contributed by atoms with Gasteiger partial charge in [0.25, 0.3) is 0 Å². The zero-order valence-corrected chi connectivity index (χ0v) is 31.2. The van der Waals surface area contributed by atoms with Gasteiger partial charge < -0.3 is 35.2 Å². The fourth-order valence-corrected chi connectivity index (χ4v) is 11.6. The van der Waals surface area contributed by atoms with Crippen molar-refractivity contribution >= 4 is 12.1 Å². The lowest BCUT2D eigenvalue weighted by atomic mass is 9.35. The number of carbonyl (C=O) groups excluding carboxylic acids is 2. The molecule has 0 spiro atoms. The summed E-state index contributed by atoms with van der Waals surface area (Å²) < 4.78 is 11.4. The number of alkyl carbamates (subject to hydrolysis) is 1. The van der Waals surface area contributed by atoms with E-state index in [1.165, 1.54) is 0 Å². The topological polar surface area (TPSA) is 146 Å². The highest BCUT2D eigenvalue weighted by molar-refractivity contribution is 5.81. The second-order valence-electron chi connectivity index (χ2n) is 19.1. The van der Waals surface area contributed by atoms with Crippen LogP contribution < -0.4 is 5.32 Å². The van der Waals surface area contributed by atoms with Crippen LogP contribution in [0.15, 0.2) is 0 Å². The molecule has 0 aliphatic heterocycles. The Morgan fingerprint density at radius 1 is 0.872 bits per heavy atom. The van der Waals surface area contributed by atoms with Crippen molar-refractivity contribution < 1.29 is 39.5 Å². The van der Waals surface area contributed by atoms with Gasteiger partial charge in [-0.25, -0.2) is 9.59 Å². The lowest BCUT2D eigenvalue weighted by Crippen LogP contribution is -2.67. The van der Waals surface area contributed by atoms with Crippen LogP contribution in [0.3, 0.4) is 0 Å². The highest BCUT2D eigenvalue weighted by Gasteiger charge is 2.71. The molecule has 9 nitrogen and oxygen atoms in total. The number of amides is 1. The highest BCUT2D eigenvalue weighted by atomic mass is 16.6. The molecule has 4 saturated carbocycles. The van der Waals surface area contributed by atoms with E-state index in [4.69, 9.17) is 9.47 Å². The minimum Gasteiger partial charge on any atom is -0.460 e. The Hall–Kier alpha value is -1.42. The van der Waals surface area contributed by atoms with Gasteiger partial charge in [-0.2, -0.15) is 0 Å². The summed E-state index contributed by atoms with van der Waals surface area (Å²) in [6.07, 6.45) is 6.40. The molecular weight excluding hydrogens is 598 g/mol. The van der Waals surface area contributed by atoms with Gasteiger partial charge in [-0.1, -0.05) is 34.6 Å². The monoisotopic (exact) mass is 665 g/mol. The smallest absolute Gasteiger partial charge is 0.408 e. The first kappa shape index (κ1) is 38.4. The number of hydrogen-bond donors (Lipinski definition) is 5. The summed E-state index contributed by atoms with van der Waals surface area (Å²) in [6.45, 7) is 21.8. The molecule has 5 N–H and O–H groups in total. The van der Waals surface area contributed by atoms with Crippen molar-refractivity contribution in [3.63, 3.8) is 0 Å². The molecule has 0 unspecified atom stereocenters. The second kappa shape index (κ2) is 12.7. The zero-order valence-electron chi connectivity index (χ0n) is 31.2. The van der Waals surface area contributed by atoms with Gasteiger partial charge in [0, 0.05) is 5.41 Å². The molecule has 0 bridgehead atoms. The van der Waals surface area contributed by atoms with Crippen LogP contribution in [0.2, 0.25) is 0 Å². The van der Waals surface area contributed by atoms with E-state index in [1.807, 2.05) is 20.8 Å². The van der Waals surface area contributed by atoms with Gasteiger partial charge >= 0.3 is 12.1 Å². The van der Waals surface area contributed by atoms with Crippen LogP contribution in [0.1, 0.15) is 140 Å². The molecule has 0 aromatic heterocycles. The summed E-state index contributed by atoms with van der Waals surface area (Å²) in [5.74, 6) is -0.109. The molecule has 0 aromatic rings. The molecular formula is C38H67NO8. The van der Waals surface area contributed by atoms with Crippen LogP contribution in [0.25, 0.3) is 0 Å². The zero-order chi connectivity index (χ0) is 35.6. The molecule has 0 aromatic carbocycles. The van der Waals surface area contributed by atoms with E-state index in [0.717, 1.165) is 38.5 Å². The molecule has 9 heteroatoms. The number of rotatable bonds is 9. The first-order valence-electron chi connectivity index (χ1n) is 18.3. The third kappa shape index (κ3) is 7.12. The van der Waals surface area contributed by atoms with Crippen LogP contribution in [-0.2, 0) is 14.3 Å². The predicted octanol–water partition coefficient (Wildman–Crippen LogP) is 6.13. The van der Waals surface area contributed by atoms with Crippen molar-refractivity contribution in [3.8, 4) is 0 Å². The van der Waals surface area contributed by atoms with Crippen LogP contribution in [-0.4, -0.2) is 74.1 Å². The Kier molecular flexibility index (Phi) is 10.4. The molecule has 272 valence electrons. The van der Waals surface area contributed by atoms with Crippen molar-refractivity contribution in [3.05, 3.63) is 0 Å². The van der Waals surface area contributed by atoms with Crippen molar-refractivity contribution in [2.24, 2.45) is 45.3 Å². The average Bonchev–Trinajstić information content (AvgIpc) is 3.29. The van der Waals surface area contributed by atoms with E-state index >= 15 is 0 Å². The maximum atomic E-state index is 13.3. The van der Waals surface area contributed by atoms with Crippen molar-refractivity contribution in [1.29, 1.82) is 0 Å². The first-order valence-corrected chi connectivity index (χ1v) is 18.3. The Morgan fingerprint density at radius 3 is 2.06 bits per heavy atom. The van der Waals surface area contributed by atoms with Gasteiger partial charge in [0.2, 0.25) is 0 Å². The summed E-state index contributed by atoms with van der Waals surface area (Å²) in [5.41, 5.74) is -2.98. The normalized spacial score (nSPS) is 40.2. The van der Waals surface area contributed by atoms with E-state index in [-0.39, 0.29) is 51.4 Å². The number of carbonyl (C=O) groups is 2. The number of esters is 1. The Morgan fingerprint density at radius 2 is 1.49 bits per heavy atom.